The molecule has 0 saturated heterocycles. The van der Waals surface area contributed by atoms with Crippen molar-refractivity contribution in [2.24, 2.45) is 0 Å². The van der Waals surface area contributed by atoms with Gasteiger partial charge in [-0.1, -0.05) is 54.4 Å². The lowest BCUT2D eigenvalue weighted by Crippen LogP contribution is -2.45. The monoisotopic (exact) mass is 281 g/mol. The van der Waals surface area contributed by atoms with E-state index in [0.29, 0.717) is 11.5 Å². The van der Waals surface area contributed by atoms with Gasteiger partial charge in [-0.3, -0.25) is 0 Å². The van der Waals surface area contributed by atoms with Crippen molar-refractivity contribution in [3.8, 4) is 0 Å². The van der Waals surface area contributed by atoms with Crippen molar-refractivity contribution in [3.05, 3.63) is 34.3 Å². The minimum Gasteiger partial charge on any atom is -0.314 e. The summed E-state index contributed by atoms with van der Waals surface area (Å²) >= 11 is 3.69. The first kappa shape index (κ1) is 12.1. The van der Waals surface area contributed by atoms with Crippen LogP contribution in [0.1, 0.15) is 38.7 Å². The van der Waals surface area contributed by atoms with Crippen molar-refractivity contribution < 1.29 is 0 Å². The van der Waals surface area contributed by atoms with Crippen LogP contribution in [0.3, 0.4) is 0 Å². The smallest absolute Gasteiger partial charge is 0.0213 e. The van der Waals surface area contributed by atoms with Crippen LogP contribution in [0, 0.1) is 0 Å². The van der Waals surface area contributed by atoms with Gasteiger partial charge in [0.2, 0.25) is 0 Å². The third kappa shape index (κ3) is 2.33. The Balaban J connectivity index is 2.18. The first-order valence-corrected chi connectivity index (χ1v) is 6.92. The summed E-state index contributed by atoms with van der Waals surface area (Å²) in [6, 6.07) is 9.24. The molecule has 0 bridgehead atoms. The van der Waals surface area contributed by atoms with Gasteiger partial charge in [0.15, 0.2) is 0 Å². The van der Waals surface area contributed by atoms with E-state index in [1.54, 1.807) is 0 Å². The van der Waals surface area contributed by atoms with E-state index < -0.39 is 0 Å². The van der Waals surface area contributed by atoms with E-state index in [2.05, 4.69) is 59.4 Å². The Hall–Kier alpha value is -0.340. The fourth-order valence-corrected chi connectivity index (χ4v) is 3.14. The second kappa shape index (κ2) is 4.89. The standard InChI is InChI=1S/C14H20BrN/c1-11(2)16-10-14(8-5-9-14)12-6-3-4-7-13(12)15/h3-4,6-7,11,16H,5,8-10H2,1-2H3. The van der Waals surface area contributed by atoms with Gasteiger partial charge >= 0.3 is 0 Å². The van der Waals surface area contributed by atoms with Crippen LogP contribution in [-0.2, 0) is 5.41 Å². The minimum atomic E-state index is 0.379. The zero-order valence-corrected chi connectivity index (χ0v) is 11.7. The molecule has 16 heavy (non-hydrogen) atoms. The molecule has 1 aromatic carbocycles. The zero-order valence-electron chi connectivity index (χ0n) is 10.1. The molecule has 0 amide bonds. The van der Waals surface area contributed by atoms with Crippen LogP contribution in [0.5, 0.6) is 0 Å². The third-order valence-corrected chi connectivity index (χ3v) is 4.30. The first-order valence-electron chi connectivity index (χ1n) is 6.12. The van der Waals surface area contributed by atoms with Crippen LogP contribution >= 0.6 is 15.9 Å². The van der Waals surface area contributed by atoms with E-state index >= 15 is 0 Å². The average molecular weight is 282 g/mol. The van der Waals surface area contributed by atoms with Gasteiger partial charge in [-0.25, -0.2) is 0 Å². The maximum absolute atomic E-state index is 3.69. The Morgan fingerprint density at radius 2 is 2.00 bits per heavy atom. The van der Waals surface area contributed by atoms with Gasteiger partial charge in [0.05, 0.1) is 0 Å². The van der Waals surface area contributed by atoms with Crippen molar-refractivity contribution in [2.75, 3.05) is 6.54 Å². The lowest BCUT2D eigenvalue weighted by Gasteiger charge is -2.43. The van der Waals surface area contributed by atoms with Crippen LogP contribution in [0.2, 0.25) is 0 Å². The summed E-state index contributed by atoms with van der Waals surface area (Å²) in [7, 11) is 0. The van der Waals surface area contributed by atoms with Crippen molar-refractivity contribution in [1.82, 2.24) is 5.32 Å². The summed E-state index contributed by atoms with van der Waals surface area (Å²) in [6.07, 6.45) is 3.99. The van der Waals surface area contributed by atoms with E-state index in [9.17, 15) is 0 Å². The molecule has 0 spiro atoms. The minimum absolute atomic E-state index is 0.379. The Morgan fingerprint density at radius 1 is 1.31 bits per heavy atom. The van der Waals surface area contributed by atoms with Gasteiger partial charge < -0.3 is 5.32 Å². The molecular weight excluding hydrogens is 262 g/mol. The van der Waals surface area contributed by atoms with Gasteiger partial charge in [-0.2, -0.15) is 0 Å². The van der Waals surface area contributed by atoms with E-state index in [1.807, 2.05) is 0 Å². The molecule has 0 heterocycles. The first-order chi connectivity index (χ1) is 7.64. The number of hydrogen-bond acceptors (Lipinski definition) is 1. The van der Waals surface area contributed by atoms with Gasteiger partial charge in [-0.15, -0.1) is 0 Å². The van der Waals surface area contributed by atoms with Crippen LogP contribution in [-0.4, -0.2) is 12.6 Å². The van der Waals surface area contributed by atoms with Gasteiger partial charge in [-0.05, 0) is 24.5 Å². The molecule has 0 atom stereocenters. The lowest BCUT2D eigenvalue weighted by molar-refractivity contribution is 0.227. The van der Waals surface area contributed by atoms with Crippen molar-refractivity contribution in [3.63, 3.8) is 0 Å². The number of benzene rings is 1. The van der Waals surface area contributed by atoms with Gasteiger partial charge in [0, 0.05) is 22.5 Å². The molecule has 2 heteroatoms. The predicted molar refractivity (Wildman–Crippen MR) is 72.8 cm³/mol. The lowest BCUT2D eigenvalue weighted by atomic mass is 9.64. The number of halogens is 1. The molecule has 0 radical (unpaired) electrons. The molecule has 0 aromatic heterocycles. The predicted octanol–water partition coefficient (Wildman–Crippen LogP) is 3.87. The van der Waals surface area contributed by atoms with E-state index in [4.69, 9.17) is 0 Å². The number of hydrogen-bond donors (Lipinski definition) is 1. The van der Waals surface area contributed by atoms with E-state index in [1.165, 1.54) is 29.3 Å². The molecule has 1 aromatic rings. The Labute approximate surface area is 107 Å². The molecule has 88 valence electrons. The van der Waals surface area contributed by atoms with Crippen LogP contribution in [0.25, 0.3) is 0 Å². The number of rotatable bonds is 4. The highest BCUT2D eigenvalue weighted by Crippen LogP contribution is 2.45. The third-order valence-electron chi connectivity index (χ3n) is 3.60. The summed E-state index contributed by atoms with van der Waals surface area (Å²) in [5, 5.41) is 3.59. The fraction of sp³-hybridized carbons (Fsp3) is 0.571. The van der Waals surface area contributed by atoms with E-state index in [0.717, 1.165) is 6.54 Å². The topological polar surface area (TPSA) is 12.0 Å². The molecule has 0 unspecified atom stereocenters. The summed E-state index contributed by atoms with van der Waals surface area (Å²) in [5.41, 5.74) is 1.86. The number of nitrogens with one attached hydrogen (secondary N) is 1. The van der Waals surface area contributed by atoms with Crippen LogP contribution < -0.4 is 5.32 Å². The SMILES string of the molecule is CC(C)NCC1(c2ccccc2Br)CCC1. The molecule has 0 aliphatic heterocycles. The summed E-state index contributed by atoms with van der Waals surface area (Å²) in [6.45, 7) is 5.53. The van der Waals surface area contributed by atoms with Crippen LogP contribution in [0.4, 0.5) is 0 Å². The highest BCUT2D eigenvalue weighted by Gasteiger charge is 2.39. The summed E-state index contributed by atoms with van der Waals surface area (Å²) in [4.78, 5) is 0. The van der Waals surface area contributed by atoms with E-state index in [-0.39, 0.29) is 0 Å². The molecule has 1 saturated carbocycles. The molecular formula is C14H20BrN. The molecule has 1 nitrogen and oxygen atoms in total. The van der Waals surface area contributed by atoms with Crippen molar-refractivity contribution in [1.29, 1.82) is 0 Å². The van der Waals surface area contributed by atoms with Crippen molar-refractivity contribution >= 4 is 15.9 Å². The Morgan fingerprint density at radius 3 is 2.50 bits per heavy atom. The summed E-state index contributed by atoms with van der Waals surface area (Å²) in [5.74, 6) is 0. The van der Waals surface area contributed by atoms with Crippen LogP contribution in [0.15, 0.2) is 28.7 Å². The highest BCUT2D eigenvalue weighted by molar-refractivity contribution is 9.10. The highest BCUT2D eigenvalue weighted by atomic mass is 79.9. The molecule has 1 aliphatic rings. The van der Waals surface area contributed by atoms with Crippen molar-refractivity contribution in [2.45, 2.75) is 44.6 Å². The average Bonchev–Trinajstić information content (AvgIpc) is 2.18. The molecule has 1 fully saturated rings. The largest absolute Gasteiger partial charge is 0.314 e. The molecule has 1 N–H and O–H groups in total. The normalized spacial score (nSPS) is 18.5. The van der Waals surface area contributed by atoms with Gasteiger partial charge in [0.1, 0.15) is 0 Å². The maximum atomic E-state index is 3.69. The molecule has 1 aliphatic carbocycles. The Bertz CT molecular complexity index is 356. The quantitative estimate of drug-likeness (QED) is 0.884. The van der Waals surface area contributed by atoms with Gasteiger partial charge in [0.25, 0.3) is 0 Å². The molecule has 2 rings (SSSR count). The maximum Gasteiger partial charge on any atom is 0.0213 e. The second-order valence-electron chi connectivity index (χ2n) is 5.15. The Kier molecular flexibility index (Phi) is 3.70. The summed E-state index contributed by atoms with van der Waals surface area (Å²) < 4.78 is 1.26. The fourth-order valence-electron chi connectivity index (χ4n) is 2.44. The second-order valence-corrected chi connectivity index (χ2v) is 6.00. The zero-order chi connectivity index (χ0) is 11.6.